The minimum atomic E-state index is -0.233. The molecular weight excluding hydrogens is 241 g/mol. The molecule has 4 heteroatoms. The van der Waals surface area contributed by atoms with Crippen molar-refractivity contribution in [2.24, 2.45) is 0 Å². The molecule has 1 saturated carbocycles. The highest BCUT2D eigenvalue weighted by Gasteiger charge is 2.28. The van der Waals surface area contributed by atoms with Crippen molar-refractivity contribution in [3.05, 3.63) is 41.0 Å². The average Bonchev–Trinajstić information content (AvgIpc) is 3.17. The van der Waals surface area contributed by atoms with E-state index in [-0.39, 0.29) is 5.82 Å². The molecule has 3 nitrogen and oxygen atoms in total. The van der Waals surface area contributed by atoms with Crippen LogP contribution in [0, 0.1) is 19.7 Å². The number of anilines is 1. The highest BCUT2D eigenvalue weighted by atomic mass is 19.1. The summed E-state index contributed by atoms with van der Waals surface area (Å²) in [5.41, 5.74) is 9.45. The first-order chi connectivity index (χ1) is 9.06. The normalized spacial score (nSPS) is 14.7. The number of rotatable bonds is 2. The molecule has 1 aliphatic rings. The number of hydrogen-bond donors (Lipinski definition) is 1. The van der Waals surface area contributed by atoms with Crippen molar-refractivity contribution in [2.75, 3.05) is 5.73 Å². The first-order valence-electron chi connectivity index (χ1n) is 6.47. The smallest absolute Gasteiger partial charge is 0.134 e. The van der Waals surface area contributed by atoms with Gasteiger partial charge < -0.3 is 5.73 Å². The van der Waals surface area contributed by atoms with Crippen molar-refractivity contribution >= 4 is 5.82 Å². The molecule has 0 saturated heterocycles. The predicted octanol–water partition coefficient (Wildman–Crippen LogP) is 3.36. The van der Waals surface area contributed by atoms with E-state index in [2.05, 4.69) is 9.97 Å². The minimum Gasteiger partial charge on any atom is -0.383 e. The van der Waals surface area contributed by atoms with E-state index in [0.717, 1.165) is 41.1 Å². The summed E-state index contributed by atoms with van der Waals surface area (Å²) in [6, 6.07) is 4.73. The van der Waals surface area contributed by atoms with Gasteiger partial charge in [-0.05, 0) is 50.5 Å². The van der Waals surface area contributed by atoms with E-state index >= 15 is 0 Å². The summed E-state index contributed by atoms with van der Waals surface area (Å²) >= 11 is 0. The van der Waals surface area contributed by atoms with Crippen molar-refractivity contribution in [3.8, 4) is 11.3 Å². The Morgan fingerprint density at radius 2 is 1.95 bits per heavy atom. The summed E-state index contributed by atoms with van der Waals surface area (Å²) in [5.74, 6) is 1.56. The lowest BCUT2D eigenvalue weighted by Crippen LogP contribution is -2.04. The lowest BCUT2D eigenvalue weighted by atomic mass is 10.0. The number of nitrogens with two attached hydrogens (primary N) is 1. The van der Waals surface area contributed by atoms with Gasteiger partial charge in [0, 0.05) is 17.0 Å². The van der Waals surface area contributed by atoms with Gasteiger partial charge in [-0.15, -0.1) is 0 Å². The van der Waals surface area contributed by atoms with Gasteiger partial charge in [-0.3, -0.25) is 0 Å². The fourth-order valence-electron chi connectivity index (χ4n) is 2.23. The Labute approximate surface area is 111 Å². The fraction of sp³-hybridized carbons (Fsp3) is 0.333. The summed E-state index contributed by atoms with van der Waals surface area (Å²) in [6.45, 7) is 3.79. The van der Waals surface area contributed by atoms with E-state index in [4.69, 9.17) is 5.73 Å². The second-order valence-corrected chi connectivity index (χ2v) is 5.17. The molecule has 1 heterocycles. The van der Waals surface area contributed by atoms with Crippen LogP contribution in [-0.2, 0) is 0 Å². The van der Waals surface area contributed by atoms with Crippen LogP contribution < -0.4 is 5.73 Å². The Balaban J connectivity index is 2.17. The molecule has 0 aliphatic heterocycles. The Morgan fingerprint density at radius 1 is 1.21 bits per heavy atom. The molecule has 1 aromatic carbocycles. The van der Waals surface area contributed by atoms with Gasteiger partial charge in [0.15, 0.2) is 0 Å². The Morgan fingerprint density at radius 3 is 2.58 bits per heavy atom. The third-order valence-electron chi connectivity index (χ3n) is 3.59. The van der Waals surface area contributed by atoms with E-state index in [9.17, 15) is 4.39 Å². The standard InChI is InChI=1S/C15H16FN3/c1-8-7-11(16)5-6-12(8)13-9(2)14(17)19-15(18-13)10-3-4-10/h5-7,10H,3-4H2,1-2H3,(H2,17,18,19). The number of benzene rings is 1. The minimum absolute atomic E-state index is 0.233. The van der Waals surface area contributed by atoms with Gasteiger partial charge in [-0.1, -0.05) is 0 Å². The number of halogens is 1. The van der Waals surface area contributed by atoms with Crippen LogP contribution in [-0.4, -0.2) is 9.97 Å². The van der Waals surface area contributed by atoms with Crippen molar-refractivity contribution in [1.29, 1.82) is 0 Å². The van der Waals surface area contributed by atoms with E-state index in [1.54, 1.807) is 6.07 Å². The first-order valence-corrected chi connectivity index (χ1v) is 6.47. The maximum Gasteiger partial charge on any atom is 0.134 e. The van der Waals surface area contributed by atoms with Crippen LogP contribution in [0.5, 0.6) is 0 Å². The Hall–Kier alpha value is -1.97. The lowest BCUT2D eigenvalue weighted by molar-refractivity contribution is 0.627. The zero-order chi connectivity index (χ0) is 13.6. The van der Waals surface area contributed by atoms with Crippen LogP contribution in [0.15, 0.2) is 18.2 Å². The van der Waals surface area contributed by atoms with Crippen LogP contribution in [0.2, 0.25) is 0 Å². The van der Waals surface area contributed by atoms with Crippen LogP contribution >= 0.6 is 0 Å². The molecule has 1 fully saturated rings. The van der Waals surface area contributed by atoms with Crippen LogP contribution in [0.25, 0.3) is 11.3 Å². The van der Waals surface area contributed by atoms with Gasteiger partial charge in [0.1, 0.15) is 17.5 Å². The zero-order valence-electron chi connectivity index (χ0n) is 11.1. The van der Waals surface area contributed by atoms with Crippen LogP contribution in [0.4, 0.5) is 10.2 Å². The molecule has 3 rings (SSSR count). The third kappa shape index (κ3) is 2.18. The van der Waals surface area contributed by atoms with Gasteiger partial charge in [0.05, 0.1) is 5.69 Å². The molecule has 0 amide bonds. The van der Waals surface area contributed by atoms with Crippen LogP contribution in [0.1, 0.15) is 35.7 Å². The SMILES string of the molecule is Cc1cc(F)ccc1-c1nc(C2CC2)nc(N)c1C. The van der Waals surface area contributed by atoms with Gasteiger partial charge in [0.25, 0.3) is 0 Å². The highest BCUT2D eigenvalue weighted by molar-refractivity contribution is 5.70. The first kappa shape index (κ1) is 12.1. The molecule has 19 heavy (non-hydrogen) atoms. The molecule has 2 N–H and O–H groups in total. The zero-order valence-corrected chi connectivity index (χ0v) is 11.1. The molecule has 98 valence electrons. The molecule has 0 radical (unpaired) electrons. The maximum absolute atomic E-state index is 13.2. The fourth-order valence-corrected chi connectivity index (χ4v) is 2.23. The molecular formula is C15H16FN3. The Bertz CT molecular complexity index is 648. The molecule has 0 bridgehead atoms. The number of nitrogen functional groups attached to an aromatic ring is 1. The van der Waals surface area contributed by atoms with E-state index in [1.165, 1.54) is 12.1 Å². The summed E-state index contributed by atoms with van der Waals surface area (Å²) < 4.78 is 13.2. The summed E-state index contributed by atoms with van der Waals surface area (Å²) in [6.07, 6.45) is 2.26. The summed E-state index contributed by atoms with van der Waals surface area (Å²) in [7, 11) is 0. The van der Waals surface area contributed by atoms with Crippen molar-refractivity contribution in [1.82, 2.24) is 9.97 Å². The number of aryl methyl sites for hydroxylation is 1. The molecule has 2 aromatic rings. The van der Waals surface area contributed by atoms with Gasteiger partial charge in [-0.2, -0.15) is 0 Å². The predicted molar refractivity (Wildman–Crippen MR) is 73.3 cm³/mol. The highest BCUT2D eigenvalue weighted by Crippen LogP contribution is 2.40. The quantitative estimate of drug-likeness (QED) is 0.897. The lowest BCUT2D eigenvalue weighted by Gasteiger charge is -2.12. The average molecular weight is 257 g/mol. The number of hydrogen-bond acceptors (Lipinski definition) is 3. The topological polar surface area (TPSA) is 51.8 Å². The van der Waals surface area contributed by atoms with E-state index in [0.29, 0.717) is 11.7 Å². The number of nitrogens with zero attached hydrogens (tertiary/aromatic N) is 2. The molecule has 1 aromatic heterocycles. The Kier molecular flexibility index (Phi) is 2.73. The van der Waals surface area contributed by atoms with Crippen molar-refractivity contribution in [3.63, 3.8) is 0 Å². The van der Waals surface area contributed by atoms with Gasteiger partial charge >= 0.3 is 0 Å². The molecule has 0 atom stereocenters. The van der Waals surface area contributed by atoms with E-state index < -0.39 is 0 Å². The molecule has 1 aliphatic carbocycles. The third-order valence-corrected chi connectivity index (χ3v) is 3.59. The number of aromatic nitrogens is 2. The van der Waals surface area contributed by atoms with Crippen molar-refractivity contribution in [2.45, 2.75) is 32.6 Å². The second kappa shape index (κ2) is 4.30. The van der Waals surface area contributed by atoms with Gasteiger partial charge in [0.2, 0.25) is 0 Å². The molecule has 0 spiro atoms. The maximum atomic E-state index is 13.2. The van der Waals surface area contributed by atoms with Crippen molar-refractivity contribution < 1.29 is 4.39 Å². The second-order valence-electron chi connectivity index (χ2n) is 5.17. The van der Waals surface area contributed by atoms with Crippen LogP contribution in [0.3, 0.4) is 0 Å². The monoisotopic (exact) mass is 257 g/mol. The summed E-state index contributed by atoms with van der Waals surface area (Å²) in [4.78, 5) is 9.00. The van der Waals surface area contributed by atoms with Gasteiger partial charge in [-0.25, -0.2) is 14.4 Å². The van der Waals surface area contributed by atoms with E-state index in [1.807, 2.05) is 13.8 Å². The molecule has 0 unspecified atom stereocenters. The summed E-state index contributed by atoms with van der Waals surface area (Å²) in [5, 5.41) is 0. The largest absolute Gasteiger partial charge is 0.383 e.